The van der Waals surface area contributed by atoms with Gasteiger partial charge in [-0.15, -0.1) is 0 Å². The maximum Gasteiger partial charge on any atom is 0.392 e. The number of furan rings is 1. The van der Waals surface area contributed by atoms with E-state index in [1.54, 1.807) is 19.9 Å². The van der Waals surface area contributed by atoms with Crippen molar-refractivity contribution >= 4 is 5.91 Å². The molecule has 2 heterocycles. The fourth-order valence-corrected chi connectivity index (χ4v) is 2.69. The van der Waals surface area contributed by atoms with Crippen LogP contribution in [0, 0.1) is 11.3 Å². The fraction of sp³-hybridized carbons (Fsp3) is 0.615. The third kappa shape index (κ3) is 2.77. The standard InChI is InChI=1S/C13H16F3NO2/c1-12(2)8-17(6-5-10(12)13(14,15)16)11(18)9-4-3-7-19-9/h3-4,7,10H,5-6,8H2,1-2H3. The Morgan fingerprint density at radius 2 is 2.16 bits per heavy atom. The lowest BCUT2D eigenvalue weighted by molar-refractivity contribution is -0.214. The zero-order valence-electron chi connectivity index (χ0n) is 10.8. The Morgan fingerprint density at radius 1 is 1.47 bits per heavy atom. The summed E-state index contributed by atoms with van der Waals surface area (Å²) in [5.74, 6) is -1.55. The number of alkyl halides is 3. The maximum atomic E-state index is 12.9. The number of piperidine rings is 1. The van der Waals surface area contributed by atoms with Gasteiger partial charge in [0.2, 0.25) is 0 Å². The molecule has 0 N–H and O–H groups in total. The maximum absolute atomic E-state index is 12.9. The van der Waals surface area contributed by atoms with Crippen LogP contribution in [0.25, 0.3) is 0 Å². The van der Waals surface area contributed by atoms with E-state index in [4.69, 9.17) is 4.42 Å². The highest BCUT2D eigenvalue weighted by Crippen LogP contribution is 2.45. The zero-order chi connectivity index (χ0) is 14.3. The van der Waals surface area contributed by atoms with Crippen LogP contribution in [-0.2, 0) is 0 Å². The van der Waals surface area contributed by atoms with Gasteiger partial charge in [0, 0.05) is 13.1 Å². The van der Waals surface area contributed by atoms with Gasteiger partial charge in [-0.1, -0.05) is 13.8 Å². The van der Waals surface area contributed by atoms with E-state index >= 15 is 0 Å². The summed E-state index contributed by atoms with van der Waals surface area (Å²) in [4.78, 5) is 13.5. The van der Waals surface area contributed by atoms with Crippen molar-refractivity contribution in [3.63, 3.8) is 0 Å². The summed E-state index contributed by atoms with van der Waals surface area (Å²) in [5, 5.41) is 0. The van der Waals surface area contributed by atoms with Gasteiger partial charge in [0.1, 0.15) is 0 Å². The number of carbonyl (C=O) groups excluding carboxylic acids is 1. The molecule has 1 atom stereocenters. The minimum Gasteiger partial charge on any atom is -0.459 e. The normalized spacial score (nSPS) is 23.4. The summed E-state index contributed by atoms with van der Waals surface area (Å²) in [6.45, 7) is 3.28. The van der Waals surface area contributed by atoms with Crippen molar-refractivity contribution in [2.45, 2.75) is 26.4 Å². The van der Waals surface area contributed by atoms with Crippen molar-refractivity contribution < 1.29 is 22.4 Å². The van der Waals surface area contributed by atoms with Gasteiger partial charge in [-0.25, -0.2) is 0 Å². The van der Waals surface area contributed by atoms with E-state index in [1.165, 1.54) is 17.2 Å². The number of nitrogens with zero attached hydrogens (tertiary/aromatic N) is 1. The first-order chi connectivity index (χ1) is 8.72. The molecule has 1 amide bonds. The van der Waals surface area contributed by atoms with Gasteiger partial charge in [0.15, 0.2) is 5.76 Å². The molecule has 1 aliphatic heterocycles. The molecule has 0 aliphatic carbocycles. The quantitative estimate of drug-likeness (QED) is 0.787. The number of rotatable bonds is 1. The van der Waals surface area contributed by atoms with E-state index in [0.717, 1.165) is 0 Å². The molecular weight excluding hydrogens is 259 g/mol. The van der Waals surface area contributed by atoms with Crippen LogP contribution < -0.4 is 0 Å². The smallest absolute Gasteiger partial charge is 0.392 e. The van der Waals surface area contributed by atoms with E-state index in [2.05, 4.69) is 0 Å². The molecule has 0 saturated carbocycles. The summed E-state index contributed by atoms with van der Waals surface area (Å²) in [6, 6.07) is 3.10. The van der Waals surface area contributed by atoms with Gasteiger partial charge in [-0.2, -0.15) is 13.2 Å². The average Bonchev–Trinajstić information content (AvgIpc) is 2.77. The second-order valence-corrected chi connectivity index (χ2v) is 5.58. The van der Waals surface area contributed by atoms with Crippen molar-refractivity contribution in [1.29, 1.82) is 0 Å². The summed E-state index contributed by atoms with van der Waals surface area (Å²) in [5.41, 5.74) is -0.987. The molecular formula is C13H16F3NO2. The van der Waals surface area contributed by atoms with Crippen LogP contribution in [0.2, 0.25) is 0 Å². The lowest BCUT2D eigenvalue weighted by Crippen LogP contribution is -2.52. The Labute approximate surface area is 109 Å². The first-order valence-electron chi connectivity index (χ1n) is 6.11. The minimum atomic E-state index is -4.22. The fourth-order valence-electron chi connectivity index (χ4n) is 2.69. The minimum absolute atomic E-state index is 0.0665. The molecule has 19 heavy (non-hydrogen) atoms. The number of carbonyl (C=O) groups is 1. The Balaban J connectivity index is 2.12. The molecule has 0 aromatic carbocycles. The zero-order valence-corrected chi connectivity index (χ0v) is 10.8. The van der Waals surface area contributed by atoms with Gasteiger partial charge >= 0.3 is 6.18 Å². The molecule has 0 radical (unpaired) electrons. The summed E-state index contributed by atoms with van der Waals surface area (Å²) in [7, 11) is 0. The number of likely N-dealkylation sites (tertiary alicyclic amines) is 1. The molecule has 1 aliphatic rings. The number of hydrogen-bond acceptors (Lipinski definition) is 2. The topological polar surface area (TPSA) is 33.5 Å². The van der Waals surface area contributed by atoms with Gasteiger partial charge in [0.25, 0.3) is 5.91 Å². The van der Waals surface area contributed by atoms with Crippen LogP contribution in [0.5, 0.6) is 0 Å². The third-order valence-electron chi connectivity index (χ3n) is 3.64. The molecule has 6 heteroatoms. The van der Waals surface area contributed by atoms with E-state index < -0.39 is 17.5 Å². The van der Waals surface area contributed by atoms with E-state index in [9.17, 15) is 18.0 Å². The van der Waals surface area contributed by atoms with Gasteiger partial charge in [-0.05, 0) is 24.0 Å². The monoisotopic (exact) mass is 275 g/mol. The van der Waals surface area contributed by atoms with Gasteiger partial charge < -0.3 is 9.32 Å². The predicted molar refractivity (Wildman–Crippen MR) is 62.6 cm³/mol. The lowest BCUT2D eigenvalue weighted by atomic mass is 9.73. The molecule has 106 valence electrons. The first kappa shape index (κ1) is 14.0. The Kier molecular flexibility index (Phi) is 3.36. The summed E-state index contributed by atoms with van der Waals surface area (Å²) >= 11 is 0. The van der Waals surface area contributed by atoms with E-state index in [0.29, 0.717) is 0 Å². The first-order valence-corrected chi connectivity index (χ1v) is 6.11. The SMILES string of the molecule is CC1(C)CN(C(=O)c2ccco2)CCC1C(F)(F)F. The summed E-state index contributed by atoms with van der Waals surface area (Å²) < 4.78 is 43.7. The van der Waals surface area contributed by atoms with Crippen molar-refractivity contribution in [2.24, 2.45) is 11.3 Å². The number of hydrogen-bond donors (Lipinski definition) is 0. The molecule has 1 aromatic heterocycles. The van der Waals surface area contributed by atoms with Gasteiger partial charge in [-0.3, -0.25) is 4.79 Å². The molecule has 0 spiro atoms. The van der Waals surface area contributed by atoms with Gasteiger partial charge in [0.05, 0.1) is 12.2 Å². The second kappa shape index (κ2) is 4.58. The molecule has 1 saturated heterocycles. The van der Waals surface area contributed by atoms with Crippen LogP contribution in [0.3, 0.4) is 0 Å². The Morgan fingerprint density at radius 3 is 2.63 bits per heavy atom. The molecule has 1 aromatic rings. The molecule has 1 fully saturated rings. The second-order valence-electron chi connectivity index (χ2n) is 5.58. The van der Waals surface area contributed by atoms with Crippen LogP contribution in [-0.4, -0.2) is 30.1 Å². The molecule has 3 nitrogen and oxygen atoms in total. The summed E-state index contributed by atoms with van der Waals surface area (Å²) in [6.07, 6.45) is -2.91. The van der Waals surface area contributed by atoms with Crippen LogP contribution in [0.1, 0.15) is 30.8 Å². The number of halogens is 3. The van der Waals surface area contributed by atoms with Crippen LogP contribution in [0.4, 0.5) is 13.2 Å². The highest BCUT2D eigenvalue weighted by Gasteiger charge is 2.51. The highest BCUT2D eigenvalue weighted by molar-refractivity contribution is 5.91. The molecule has 2 rings (SSSR count). The molecule has 0 bridgehead atoms. The van der Waals surface area contributed by atoms with E-state index in [-0.39, 0.29) is 31.2 Å². The van der Waals surface area contributed by atoms with Crippen LogP contribution in [0.15, 0.2) is 22.8 Å². The Bertz CT molecular complexity index is 451. The predicted octanol–water partition coefficient (Wildman–Crippen LogP) is 3.33. The lowest BCUT2D eigenvalue weighted by Gasteiger charge is -2.44. The largest absolute Gasteiger partial charge is 0.459 e. The van der Waals surface area contributed by atoms with Crippen molar-refractivity contribution in [3.05, 3.63) is 24.2 Å². The highest BCUT2D eigenvalue weighted by atomic mass is 19.4. The Hall–Kier alpha value is -1.46. The van der Waals surface area contributed by atoms with Crippen molar-refractivity contribution in [2.75, 3.05) is 13.1 Å². The van der Waals surface area contributed by atoms with Crippen molar-refractivity contribution in [3.8, 4) is 0 Å². The van der Waals surface area contributed by atoms with Crippen LogP contribution >= 0.6 is 0 Å². The van der Waals surface area contributed by atoms with E-state index in [1.807, 2.05) is 0 Å². The number of amides is 1. The average molecular weight is 275 g/mol. The molecule has 1 unspecified atom stereocenters. The van der Waals surface area contributed by atoms with Crippen molar-refractivity contribution in [1.82, 2.24) is 4.90 Å². The third-order valence-corrected chi connectivity index (χ3v) is 3.64.